The van der Waals surface area contributed by atoms with Crippen molar-refractivity contribution in [1.29, 1.82) is 0 Å². The van der Waals surface area contributed by atoms with E-state index in [9.17, 15) is 9.59 Å². The van der Waals surface area contributed by atoms with Crippen LogP contribution in [0, 0.1) is 0 Å². The molecule has 2 aromatic heterocycles. The Morgan fingerprint density at radius 2 is 1.93 bits per heavy atom. The lowest BCUT2D eigenvalue weighted by molar-refractivity contribution is 0.0988. The molecule has 0 aliphatic carbocycles. The van der Waals surface area contributed by atoms with Crippen LogP contribution in [0.5, 0.6) is 0 Å². The van der Waals surface area contributed by atoms with Crippen LogP contribution in [0.1, 0.15) is 23.2 Å². The number of nitrogens with zero attached hydrogens (tertiary/aromatic N) is 2. The van der Waals surface area contributed by atoms with Gasteiger partial charge in [-0.25, -0.2) is 9.36 Å². The van der Waals surface area contributed by atoms with Crippen LogP contribution in [0.25, 0.3) is 22.2 Å². The van der Waals surface area contributed by atoms with E-state index < -0.39 is 11.9 Å². The number of rotatable bonds is 4. The maximum atomic E-state index is 13.2. The minimum absolute atomic E-state index is 0.0463. The second-order valence-corrected chi connectivity index (χ2v) is 6.67. The topological polar surface area (TPSA) is 100 Å². The molecule has 0 aliphatic heterocycles. The van der Waals surface area contributed by atoms with Gasteiger partial charge in [0.2, 0.25) is 11.5 Å². The van der Waals surface area contributed by atoms with Crippen molar-refractivity contribution >= 4 is 40.1 Å². The molecule has 0 spiro atoms. The van der Waals surface area contributed by atoms with Gasteiger partial charge in [0.25, 0.3) is 0 Å². The van der Waals surface area contributed by atoms with Gasteiger partial charge in [-0.05, 0) is 25.1 Å². The molecule has 0 radical (unpaired) electrons. The van der Waals surface area contributed by atoms with Gasteiger partial charge in [-0.1, -0.05) is 47.1 Å². The summed E-state index contributed by atoms with van der Waals surface area (Å²) >= 11 is 6.08. The first-order chi connectivity index (χ1) is 14.0. The predicted octanol–water partition coefficient (Wildman–Crippen LogP) is 4.77. The molecule has 0 saturated carbocycles. The second-order valence-electron chi connectivity index (χ2n) is 6.23. The van der Waals surface area contributed by atoms with Crippen molar-refractivity contribution in [1.82, 2.24) is 9.72 Å². The maximum Gasteiger partial charge on any atom is 0.419 e. The summed E-state index contributed by atoms with van der Waals surface area (Å²) in [6.07, 6.45) is -0.734. The first kappa shape index (κ1) is 18.8. The number of aromatic nitrogens is 2. The van der Waals surface area contributed by atoms with Gasteiger partial charge in [0.1, 0.15) is 11.4 Å². The fourth-order valence-corrected chi connectivity index (χ4v) is 3.30. The van der Waals surface area contributed by atoms with E-state index in [4.69, 9.17) is 26.6 Å². The van der Waals surface area contributed by atoms with Crippen molar-refractivity contribution in [3.05, 3.63) is 71.1 Å². The van der Waals surface area contributed by atoms with Crippen LogP contribution in [0.4, 0.5) is 10.5 Å². The zero-order valence-electron chi connectivity index (χ0n) is 15.4. The summed E-state index contributed by atoms with van der Waals surface area (Å²) in [7, 11) is 0. The molecular weight excluding hydrogens is 394 g/mol. The number of ketones is 1. The zero-order valence-corrected chi connectivity index (χ0v) is 16.1. The molecule has 8 heteroatoms. The van der Waals surface area contributed by atoms with E-state index in [2.05, 4.69) is 5.16 Å². The summed E-state index contributed by atoms with van der Waals surface area (Å²) < 4.78 is 11.5. The van der Waals surface area contributed by atoms with E-state index in [0.29, 0.717) is 21.6 Å². The summed E-state index contributed by atoms with van der Waals surface area (Å²) in [5, 5.41) is 4.86. The van der Waals surface area contributed by atoms with E-state index in [1.165, 1.54) is 6.07 Å². The summed E-state index contributed by atoms with van der Waals surface area (Å²) in [5.74, 6) is -0.632. The molecule has 2 N–H and O–H groups in total. The fourth-order valence-electron chi connectivity index (χ4n) is 3.13. The standard InChI is InChI=1S/C21H16ClN3O4/c1-2-28-21(27)25-16-10-13(22)8-9-14(16)18(23)19(25)20(26)17-11-15(24-29-17)12-6-4-3-5-7-12/h3-11H,2,23H2,1H3. The van der Waals surface area contributed by atoms with Crippen LogP contribution >= 0.6 is 11.6 Å². The van der Waals surface area contributed by atoms with Crippen LogP contribution in [0.3, 0.4) is 0 Å². The number of hydrogen-bond acceptors (Lipinski definition) is 6. The highest BCUT2D eigenvalue weighted by Crippen LogP contribution is 2.33. The van der Waals surface area contributed by atoms with Crippen molar-refractivity contribution < 1.29 is 18.8 Å². The Bertz CT molecular complexity index is 1230. The number of fused-ring (bicyclic) bond motifs is 1. The number of carbonyl (C=O) groups is 2. The van der Waals surface area contributed by atoms with Crippen LogP contribution in [0.2, 0.25) is 5.02 Å². The smallest absolute Gasteiger partial charge is 0.419 e. The molecule has 0 saturated heterocycles. The Labute approximate surface area is 170 Å². The molecular formula is C21H16ClN3O4. The van der Waals surface area contributed by atoms with Gasteiger partial charge in [-0.15, -0.1) is 0 Å². The van der Waals surface area contributed by atoms with Crippen molar-refractivity contribution in [3.63, 3.8) is 0 Å². The number of benzene rings is 2. The van der Waals surface area contributed by atoms with E-state index in [-0.39, 0.29) is 23.7 Å². The Hall–Kier alpha value is -3.58. The molecule has 29 heavy (non-hydrogen) atoms. The Morgan fingerprint density at radius 1 is 1.17 bits per heavy atom. The normalized spacial score (nSPS) is 11.0. The summed E-state index contributed by atoms with van der Waals surface area (Å²) in [6.45, 7) is 1.80. The minimum atomic E-state index is -0.734. The molecule has 0 atom stereocenters. The van der Waals surface area contributed by atoms with Gasteiger partial charge in [0, 0.05) is 22.0 Å². The maximum absolute atomic E-state index is 13.2. The van der Waals surface area contributed by atoms with Gasteiger partial charge in [-0.3, -0.25) is 4.79 Å². The molecule has 0 fully saturated rings. The van der Waals surface area contributed by atoms with Crippen molar-refractivity contribution in [2.24, 2.45) is 0 Å². The number of anilines is 1. The van der Waals surface area contributed by atoms with Gasteiger partial charge >= 0.3 is 6.09 Å². The minimum Gasteiger partial charge on any atom is -0.449 e. The van der Waals surface area contributed by atoms with Crippen LogP contribution < -0.4 is 5.73 Å². The molecule has 0 bridgehead atoms. The third kappa shape index (κ3) is 3.25. The Balaban J connectivity index is 1.86. The largest absolute Gasteiger partial charge is 0.449 e. The SMILES string of the molecule is CCOC(=O)n1c(C(=O)c2cc(-c3ccccc3)no2)c(N)c2ccc(Cl)cc21. The van der Waals surface area contributed by atoms with Crippen LogP contribution in [-0.2, 0) is 4.74 Å². The Morgan fingerprint density at radius 3 is 2.66 bits per heavy atom. The molecule has 146 valence electrons. The number of hydrogen-bond donors (Lipinski definition) is 1. The third-order valence-corrected chi connectivity index (χ3v) is 4.67. The molecule has 2 heterocycles. The third-order valence-electron chi connectivity index (χ3n) is 4.44. The quantitative estimate of drug-likeness (QED) is 0.487. The Kier molecular flexibility index (Phi) is 4.82. The predicted molar refractivity (Wildman–Crippen MR) is 109 cm³/mol. The lowest BCUT2D eigenvalue weighted by Gasteiger charge is -2.08. The van der Waals surface area contributed by atoms with E-state index in [1.54, 1.807) is 25.1 Å². The molecule has 4 rings (SSSR count). The van der Waals surface area contributed by atoms with Crippen molar-refractivity contribution in [2.45, 2.75) is 6.92 Å². The molecule has 4 aromatic rings. The van der Waals surface area contributed by atoms with E-state index >= 15 is 0 Å². The zero-order chi connectivity index (χ0) is 20.5. The first-order valence-corrected chi connectivity index (χ1v) is 9.22. The molecule has 0 unspecified atom stereocenters. The average Bonchev–Trinajstić information content (AvgIpc) is 3.32. The van der Waals surface area contributed by atoms with Gasteiger partial charge in [0.15, 0.2) is 0 Å². The number of halogens is 1. The highest BCUT2D eigenvalue weighted by Gasteiger charge is 2.29. The second kappa shape index (κ2) is 7.44. The van der Waals surface area contributed by atoms with Crippen molar-refractivity contribution in [2.75, 3.05) is 12.3 Å². The monoisotopic (exact) mass is 409 g/mol. The summed E-state index contributed by atoms with van der Waals surface area (Å²) in [5.41, 5.74) is 7.96. The lowest BCUT2D eigenvalue weighted by atomic mass is 10.1. The summed E-state index contributed by atoms with van der Waals surface area (Å²) in [4.78, 5) is 25.8. The fraction of sp³-hybridized carbons (Fsp3) is 0.0952. The van der Waals surface area contributed by atoms with Gasteiger partial charge in [-0.2, -0.15) is 0 Å². The number of nitrogen functional groups attached to an aromatic ring is 1. The summed E-state index contributed by atoms with van der Waals surface area (Å²) in [6, 6.07) is 15.6. The molecule has 0 amide bonds. The molecule has 7 nitrogen and oxygen atoms in total. The highest BCUT2D eigenvalue weighted by atomic mass is 35.5. The van der Waals surface area contributed by atoms with E-state index in [0.717, 1.165) is 10.1 Å². The van der Waals surface area contributed by atoms with Crippen LogP contribution in [0.15, 0.2) is 59.1 Å². The first-order valence-electron chi connectivity index (χ1n) is 8.84. The molecule has 0 aliphatic rings. The van der Waals surface area contributed by atoms with Gasteiger partial charge < -0.3 is 15.0 Å². The van der Waals surface area contributed by atoms with Gasteiger partial charge in [0.05, 0.1) is 17.8 Å². The highest BCUT2D eigenvalue weighted by molar-refractivity contribution is 6.31. The average molecular weight is 410 g/mol. The molecule has 2 aromatic carbocycles. The number of ether oxygens (including phenoxy) is 1. The number of nitrogens with two attached hydrogens (primary N) is 1. The lowest BCUT2D eigenvalue weighted by Crippen LogP contribution is -2.20. The van der Waals surface area contributed by atoms with Crippen molar-refractivity contribution in [3.8, 4) is 11.3 Å². The number of carbonyl (C=O) groups excluding carboxylic acids is 2. The van der Waals surface area contributed by atoms with Crippen LogP contribution in [-0.4, -0.2) is 28.2 Å². The van der Waals surface area contributed by atoms with E-state index in [1.807, 2.05) is 30.3 Å².